The molecule has 0 bridgehead atoms. The standard InChI is InChI=1S/C28H30N2O4/c1-33-20-12-13-22(27(14-20)34-2)21-10-6-7-11-26(21)30(28(31)32)18-25-23-16-29(17-24(23)25)15-19-8-4-3-5-9-19/h3-14,23-25H,15-18H2,1-2H3,(H,31,32). The molecule has 2 fully saturated rings. The van der Waals surface area contributed by atoms with Gasteiger partial charge in [0.1, 0.15) is 11.5 Å². The molecule has 3 aromatic carbocycles. The van der Waals surface area contributed by atoms with Crippen molar-refractivity contribution in [2.45, 2.75) is 6.54 Å². The fraction of sp³-hybridized carbons (Fsp3) is 0.321. The molecule has 1 N–H and O–H groups in total. The molecule has 1 saturated heterocycles. The minimum Gasteiger partial charge on any atom is -0.497 e. The number of methoxy groups -OCH3 is 2. The fourth-order valence-corrected chi connectivity index (χ4v) is 5.43. The fourth-order valence-electron chi connectivity index (χ4n) is 5.43. The number of hydrogen-bond acceptors (Lipinski definition) is 4. The Bertz CT molecular complexity index is 1150. The molecule has 2 aliphatic rings. The van der Waals surface area contributed by atoms with Gasteiger partial charge in [0.15, 0.2) is 0 Å². The van der Waals surface area contributed by atoms with E-state index in [0.29, 0.717) is 41.5 Å². The van der Waals surface area contributed by atoms with E-state index < -0.39 is 6.09 Å². The van der Waals surface area contributed by atoms with Gasteiger partial charge in [0.05, 0.1) is 19.9 Å². The molecule has 1 amide bonds. The lowest BCUT2D eigenvalue weighted by Crippen LogP contribution is -2.34. The summed E-state index contributed by atoms with van der Waals surface area (Å²) < 4.78 is 10.9. The van der Waals surface area contributed by atoms with Crippen molar-refractivity contribution in [2.24, 2.45) is 17.8 Å². The monoisotopic (exact) mass is 458 g/mol. The molecular formula is C28H30N2O4. The van der Waals surface area contributed by atoms with E-state index in [-0.39, 0.29) is 0 Å². The van der Waals surface area contributed by atoms with Gasteiger partial charge in [-0.3, -0.25) is 9.80 Å². The summed E-state index contributed by atoms with van der Waals surface area (Å²) in [6.45, 7) is 3.54. The second kappa shape index (κ2) is 9.39. The van der Waals surface area contributed by atoms with Crippen LogP contribution in [-0.2, 0) is 6.54 Å². The van der Waals surface area contributed by atoms with E-state index in [4.69, 9.17) is 9.47 Å². The minimum atomic E-state index is -0.925. The number of carboxylic acid groups (broad SMARTS) is 1. The van der Waals surface area contributed by atoms with Crippen molar-refractivity contribution < 1.29 is 19.4 Å². The van der Waals surface area contributed by atoms with Crippen molar-refractivity contribution in [2.75, 3.05) is 38.8 Å². The molecule has 34 heavy (non-hydrogen) atoms. The number of carbonyl (C=O) groups is 1. The van der Waals surface area contributed by atoms with E-state index in [0.717, 1.165) is 30.8 Å². The maximum Gasteiger partial charge on any atom is 0.411 e. The summed E-state index contributed by atoms with van der Waals surface area (Å²) in [6.07, 6.45) is -0.925. The molecule has 0 aromatic heterocycles. The highest BCUT2D eigenvalue weighted by atomic mass is 16.5. The Balaban J connectivity index is 1.33. The van der Waals surface area contributed by atoms with Gasteiger partial charge in [0.2, 0.25) is 0 Å². The number of benzene rings is 3. The Morgan fingerprint density at radius 2 is 1.65 bits per heavy atom. The molecule has 6 nitrogen and oxygen atoms in total. The van der Waals surface area contributed by atoms with Crippen molar-refractivity contribution in [3.05, 3.63) is 78.4 Å². The Morgan fingerprint density at radius 3 is 2.32 bits per heavy atom. The number of hydrogen-bond donors (Lipinski definition) is 1. The van der Waals surface area contributed by atoms with Gasteiger partial charge in [-0.15, -0.1) is 0 Å². The maximum absolute atomic E-state index is 12.4. The molecule has 1 heterocycles. The quantitative estimate of drug-likeness (QED) is 0.501. The lowest BCUT2D eigenvalue weighted by molar-refractivity contribution is 0.200. The van der Waals surface area contributed by atoms with Gasteiger partial charge >= 0.3 is 6.09 Å². The van der Waals surface area contributed by atoms with Gasteiger partial charge in [0.25, 0.3) is 0 Å². The summed E-state index contributed by atoms with van der Waals surface area (Å²) >= 11 is 0. The van der Waals surface area contributed by atoms with Crippen molar-refractivity contribution in [3.8, 4) is 22.6 Å². The van der Waals surface area contributed by atoms with Gasteiger partial charge in [0, 0.05) is 43.4 Å². The predicted molar refractivity (Wildman–Crippen MR) is 133 cm³/mol. The molecule has 5 rings (SSSR count). The molecule has 1 aliphatic carbocycles. The Labute approximate surface area is 200 Å². The predicted octanol–water partition coefficient (Wildman–Crippen LogP) is 5.23. The zero-order valence-corrected chi connectivity index (χ0v) is 19.6. The van der Waals surface area contributed by atoms with E-state index in [9.17, 15) is 9.90 Å². The minimum absolute atomic E-state index is 0.397. The average molecular weight is 459 g/mol. The number of fused-ring (bicyclic) bond motifs is 1. The molecule has 2 atom stereocenters. The number of para-hydroxylation sites is 1. The van der Waals surface area contributed by atoms with Gasteiger partial charge in [-0.25, -0.2) is 4.79 Å². The molecule has 176 valence electrons. The van der Waals surface area contributed by atoms with Crippen molar-refractivity contribution >= 4 is 11.8 Å². The third-order valence-electron chi connectivity index (χ3n) is 7.21. The largest absolute Gasteiger partial charge is 0.497 e. The van der Waals surface area contributed by atoms with Crippen LogP contribution in [0.2, 0.25) is 0 Å². The lowest BCUT2D eigenvalue weighted by Gasteiger charge is -2.25. The number of rotatable bonds is 8. The van der Waals surface area contributed by atoms with Crippen molar-refractivity contribution in [3.63, 3.8) is 0 Å². The molecule has 1 saturated carbocycles. The van der Waals surface area contributed by atoms with Gasteiger partial charge in [-0.05, 0) is 41.5 Å². The second-order valence-electron chi connectivity index (χ2n) is 9.15. The van der Waals surface area contributed by atoms with Crippen LogP contribution in [0.3, 0.4) is 0 Å². The third kappa shape index (κ3) is 4.33. The summed E-state index contributed by atoms with van der Waals surface area (Å²) in [5.41, 5.74) is 3.69. The summed E-state index contributed by atoms with van der Waals surface area (Å²) in [5.74, 6) is 2.87. The van der Waals surface area contributed by atoms with Crippen molar-refractivity contribution in [1.29, 1.82) is 0 Å². The Kier molecular flexibility index (Phi) is 6.16. The summed E-state index contributed by atoms with van der Waals surface area (Å²) in [4.78, 5) is 16.4. The first-order chi connectivity index (χ1) is 16.6. The molecule has 0 spiro atoms. The number of anilines is 1. The first-order valence-electron chi connectivity index (χ1n) is 11.7. The average Bonchev–Trinajstić information content (AvgIpc) is 3.31. The molecule has 2 unspecified atom stereocenters. The smallest absolute Gasteiger partial charge is 0.411 e. The maximum atomic E-state index is 12.4. The van der Waals surface area contributed by atoms with E-state index in [2.05, 4.69) is 29.2 Å². The van der Waals surface area contributed by atoms with Crippen LogP contribution in [0, 0.1) is 17.8 Å². The highest BCUT2D eigenvalue weighted by molar-refractivity contribution is 5.94. The third-order valence-corrected chi connectivity index (χ3v) is 7.21. The molecule has 0 radical (unpaired) electrons. The Hall–Kier alpha value is -3.51. The van der Waals surface area contributed by atoms with Gasteiger partial charge in [-0.1, -0.05) is 48.5 Å². The van der Waals surface area contributed by atoms with E-state index >= 15 is 0 Å². The summed E-state index contributed by atoms with van der Waals surface area (Å²) in [6, 6.07) is 23.8. The molecule has 1 aliphatic heterocycles. The zero-order valence-electron chi connectivity index (χ0n) is 19.6. The summed E-state index contributed by atoms with van der Waals surface area (Å²) in [7, 11) is 3.23. The SMILES string of the molecule is COc1ccc(-c2ccccc2N(CC2C3CN(Cc4ccccc4)CC32)C(=O)O)c(OC)c1. The highest BCUT2D eigenvalue weighted by Crippen LogP contribution is 2.53. The van der Waals surface area contributed by atoms with Crippen LogP contribution in [0.5, 0.6) is 11.5 Å². The number of ether oxygens (including phenoxy) is 2. The van der Waals surface area contributed by atoms with E-state index in [1.807, 2.05) is 48.5 Å². The number of piperidine rings is 1. The van der Waals surface area contributed by atoms with Crippen LogP contribution in [-0.4, -0.2) is 50.0 Å². The van der Waals surface area contributed by atoms with Crippen LogP contribution in [0.4, 0.5) is 10.5 Å². The number of likely N-dealkylation sites (tertiary alicyclic amines) is 1. The number of amides is 1. The van der Waals surface area contributed by atoms with Crippen LogP contribution in [0.1, 0.15) is 5.56 Å². The molecular weight excluding hydrogens is 428 g/mol. The molecule has 3 aromatic rings. The van der Waals surface area contributed by atoms with Crippen LogP contribution >= 0.6 is 0 Å². The molecule has 6 heteroatoms. The van der Waals surface area contributed by atoms with Crippen molar-refractivity contribution in [1.82, 2.24) is 4.90 Å². The first kappa shape index (κ1) is 22.3. The second-order valence-corrected chi connectivity index (χ2v) is 9.15. The highest BCUT2D eigenvalue weighted by Gasteiger charge is 2.56. The topological polar surface area (TPSA) is 62.2 Å². The zero-order chi connectivity index (χ0) is 23.7. The van der Waals surface area contributed by atoms with Crippen LogP contribution in [0.25, 0.3) is 11.1 Å². The van der Waals surface area contributed by atoms with Gasteiger partial charge < -0.3 is 14.6 Å². The van der Waals surface area contributed by atoms with E-state index in [1.165, 1.54) is 10.5 Å². The van der Waals surface area contributed by atoms with Gasteiger partial charge in [-0.2, -0.15) is 0 Å². The van der Waals surface area contributed by atoms with Crippen LogP contribution < -0.4 is 14.4 Å². The summed E-state index contributed by atoms with van der Waals surface area (Å²) in [5, 5.41) is 10.2. The number of nitrogens with zero attached hydrogens (tertiary/aromatic N) is 2. The van der Waals surface area contributed by atoms with E-state index in [1.54, 1.807) is 14.2 Å². The normalized spacial score (nSPS) is 21.1. The first-order valence-corrected chi connectivity index (χ1v) is 11.7. The van der Waals surface area contributed by atoms with Crippen LogP contribution in [0.15, 0.2) is 72.8 Å². The lowest BCUT2D eigenvalue weighted by atomic mass is 10.0. The Morgan fingerprint density at radius 1 is 0.941 bits per heavy atom.